The number of aromatic hydroxyl groups is 1. The van der Waals surface area contributed by atoms with Gasteiger partial charge < -0.3 is 5.11 Å². The Labute approximate surface area is 152 Å². The highest BCUT2D eigenvalue weighted by Crippen LogP contribution is 2.56. The Bertz CT molecular complexity index is 862. The molecule has 0 saturated carbocycles. The lowest BCUT2D eigenvalue weighted by Crippen LogP contribution is -2.51. The highest BCUT2D eigenvalue weighted by atomic mass is 35.5. The van der Waals surface area contributed by atoms with E-state index in [0.29, 0.717) is 22.6 Å². The molecule has 0 spiro atoms. The van der Waals surface area contributed by atoms with Gasteiger partial charge in [0.2, 0.25) is 0 Å². The molecule has 4 heteroatoms. The fourth-order valence-corrected chi connectivity index (χ4v) is 4.59. The van der Waals surface area contributed by atoms with Gasteiger partial charge in [0.25, 0.3) is 0 Å². The molecule has 3 atom stereocenters. The van der Waals surface area contributed by atoms with Gasteiger partial charge in [-0.05, 0) is 54.7 Å². The zero-order valence-corrected chi connectivity index (χ0v) is 15.4. The highest BCUT2D eigenvalue weighted by Gasteiger charge is 2.56. The van der Waals surface area contributed by atoms with Crippen LogP contribution >= 0.6 is 11.6 Å². The fourth-order valence-electron chi connectivity index (χ4n) is 4.31. The third kappa shape index (κ3) is 2.41. The summed E-state index contributed by atoms with van der Waals surface area (Å²) in [5.41, 5.74) is 1.78. The van der Waals surface area contributed by atoms with Gasteiger partial charge in [-0.15, -0.1) is 0 Å². The maximum Gasteiger partial charge on any atom is 0.166 e. The molecule has 1 N–H and O–H groups in total. The van der Waals surface area contributed by atoms with Crippen molar-refractivity contribution in [3.63, 3.8) is 0 Å². The second-order valence-electron chi connectivity index (χ2n) is 7.06. The van der Waals surface area contributed by atoms with E-state index >= 15 is 0 Å². The maximum absolute atomic E-state index is 13.3. The van der Waals surface area contributed by atoms with Crippen LogP contribution in [0.15, 0.2) is 53.6 Å². The van der Waals surface area contributed by atoms with Crippen molar-refractivity contribution in [3.8, 4) is 5.75 Å². The Morgan fingerprint density at radius 1 is 1.28 bits per heavy atom. The van der Waals surface area contributed by atoms with E-state index in [0.717, 1.165) is 11.1 Å². The lowest BCUT2D eigenvalue weighted by Gasteiger charge is -2.48. The topological polar surface area (TPSA) is 54.4 Å². The number of rotatable bonds is 2. The minimum absolute atomic E-state index is 0.0174. The SMILES string of the molecule is C=CC1=CC[C@H]2C(=O)C(C)=C(C)C(=O)[C@@]2(C)[C@H]1c1ccc(O)cc1Cl. The molecule has 1 aromatic rings. The van der Waals surface area contributed by atoms with Gasteiger partial charge in [-0.3, -0.25) is 9.59 Å². The molecule has 0 radical (unpaired) electrons. The van der Waals surface area contributed by atoms with Gasteiger partial charge in [0, 0.05) is 16.9 Å². The quantitative estimate of drug-likeness (QED) is 0.831. The summed E-state index contributed by atoms with van der Waals surface area (Å²) in [4.78, 5) is 26.2. The van der Waals surface area contributed by atoms with E-state index in [-0.39, 0.29) is 23.2 Å². The number of hydrogen-bond donors (Lipinski definition) is 1. The normalized spacial score (nSPS) is 29.4. The van der Waals surface area contributed by atoms with E-state index in [1.54, 1.807) is 32.1 Å². The van der Waals surface area contributed by atoms with Crippen molar-refractivity contribution in [2.24, 2.45) is 11.3 Å². The molecule has 2 aliphatic carbocycles. The zero-order chi connectivity index (χ0) is 18.5. The Kier molecular flexibility index (Phi) is 4.24. The Hall–Kier alpha value is -2.13. The minimum Gasteiger partial charge on any atom is -0.508 e. The molecule has 1 aromatic carbocycles. The molecule has 0 amide bonds. The Morgan fingerprint density at radius 2 is 1.96 bits per heavy atom. The molecule has 3 nitrogen and oxygen atoms in total. The van der Waals surface area contributed by atoms with E-state index in [1.807, 2.05) is 13.0 Å². The number of phenolic OH excluding ortho intramolecular Hbond substituents is 1. The van der Waals surface area contributed by atoms with Crippen molar-refractivity contribution >= 4 is 23.2 Å². The highest BCUT2D eigenvalue weighted by molar-refractivity contribution is 6.31. The van der Waals surface area contributed by atoms with Crippen LogP contribution in [0, 0.1) is 11.3 Å². The number of phenols is 1. The van der Waals surface area contributed by atoms with Gasteiger partial charge >= 0.3 is 0 Å². The van der Waals surface area contributed by atoms with E-state index in [4.69, 9.17) is 11.6 Å². The lowest BCUT2D eigenvalue weighted by molar-refractivity contribution is -0.138. The molecule has 0 aliphatic heterocycles. The average molecular weight is 357 g/mol. The molecular formula is C21H21ClO3. The maximum atomic E-state index is 13.3. The van der Waals surface area contributed by atoms with Crippen LogP contribution in [0.2, 0.25) is 5.02 Å². The number of benzene rings is 1. The van der Waals surface area contributed by atoms with Gasteiger partial charge in [0.1, 0.15) is 5.75 Å². The smallest absolute Gasteiger partial charge is 0.166 e. The summed E-state index contributed by atoms with van der Waals surface area (Å²) in [6.45, 7) is 9.19. The third-order valence-electron chi connectivity index (χ3n) is 5.86. The molecule has 25 heavy (non-hydrogen) atoms. The minimum atomic E-state index is -0.917. The molecule has 0 fully saturated rings. The number of hydrogen-bond acceptors (Lipinski definition) is 3. The van der Waals surface area contributed by atoms with E-state index in [2.05, 4.69) is 6.58 Å². The van der Waals surface area contributed by atoms with E-state index in [1.165, 1.54) is 6.07 Å². The van der Waals surface area contributed by atoms with Crippen LogP contribution in [0.4, 0.5) is 0 Å². The Balaban J connectivity index is 2.29. The van der Waals surface area contributed by atoms with Crippen molar-refractivity contribution in [1.29, 1.82) is 0 Å². The molecule has 2 aliphatic rings. The molecule has 3 rings (SSSR count). The summed E-state index contributed by atoms with van der Waals surface area (Å²) in [5.74, 6) is -0.720. The van der Waals surface area contributed by atoms with Crippen molar-refractivity contribution in [2.45, 2.75) is 33.1 Å². The summed E-state index contributed by atoms with van der Waals surface area (Å²) in [7, 11) is 0. The number of allylic oxidation sites excluding steroid dienone is 5. The van der Waals surface area contributed by atoms with Crippen LogP contribution in [0.5, 0.6) is 5.75 Å². The predicted octanol–water partition coefficient (Wildman–Crippen LogP) is 4.76. The zero-order valence-electron chi connectivity index (χ0n) is 14.6. The summed E-state index contributed by atoms with van der Waals surface area (Å²) >= 11 is 6.40. The number of Topliss-reactive ketones (excluding diaryl/α,β-unsaturated/α-hetero) is 2. The number of halogens is 1. The van der Waals surface area contributed by atoms with Gasteiger partial charge in [-0.1, -0.05) is 43.3 Å². The summed E-state index contributed by atoms with van der Waals surface area (Å²) < 4.78 is 0. The Morgan fingerprint density at radius 3 is 2.56 bits per heavy atom. The van der Waals surface area contributed by atoms with Crippen LogP contribution in [0.1, 0.15) is 38.7 Å². The van der Waals surface area contributed by atoms with Gasteiger partial charge in [0.15, 0.2) is 11.6 Å². The second-order valence-corrected chi connectivity index (χ2v) is 7.47. The first-order valence-corrected chi connectivity index (χ1v) is 8.68. The van der Waals surface area contributed by atoms with Gasteiger partial charge in [-0.2, -0.15) is 0 Å². The fraction of sp³-hybridized carbons (Fsp3) is 0.333. The van der Waals surface area contributed by atoms with Crippen LogP contribution < -0.4 is 0 Å². The molecule has 0 bridgehead atoms. The first-order valence-electron chi connectivity index (χ1n) is 8.30. The van der Waals surface area contributed by atoms with Crippen LogP contribution in [-0.4, -0.2) is 16.7 Å². The standard InChI is InChI=1S/C21H21ClO3/c1-5-13-6-9-16-19(24)11(2)12(3)20(25)21(16,4)18(13)15-8-7-14(23)10-17(15)22/h5-8,10,16,18,23H,1,9H2,2-4H3/t16-,18+,21+/m0/s1. The molecule has 0 heterocycles. The van der Waals surface area contributed by atoms with Crippen LogP contribution in [0.3, 0.4) is 0 Å². The van der Waals surface area contributed by atoms with Crippen molar-refractivity contribution < 1.29 is 14.7 Å². The molecule has 0 aromatic heterocycles. The monoisotopic (exact) mass is 356 g/mol. The van der Waals surface area contributed by atoms with Crippen molar-refractivity contribution in [1.82, 2.24) is 0 Å². The third-order valence-corrected chi connectivity index (χ3v) is 6.18. The predicted molar refractivity (Wildman–Crippen MR) is 98.7 cm³/mol. The molecular weight excluding hydrogens is 336 g/mol. The van der Waals surface area contributed by atoms with Crippen LogP contribution in [-0.2, 0) is 9.59 Å². The molecule has 130 valence electrons. The molecule has 0 saturated heterocycles. The van der Waals surface area contributed by atoms with Gasteiger partial charge in [0.05, 0.1) is 5.41 Å². The number of ketones is 2. The summed E-state index contributed by atoms with van der Waals surface area (Å²) in [6, 6.07) is 4.75. The first kappa shape index (κ1) is 17.7. The van der Waals surface area contributed by atoms with Crippen molar-refractivity contribution in [3.05, 3.63) is 64.2 Å². The van der Waals surface area contributed by atoms with E-state index in [9.17, 15) is 14.7 Å². The van der Waals surface area contributed by atoms with Crippen molar-refractivity contribution in [2.75, 3.05) is 0 Å². The van der Waals surface area contributed by atoms with Crippen LogP contribution in [0.25, 0.3) is 0 Å². The summed E-state index contributed by atoms with van der Waals surface area (Å²) in [5, 5.41) is 10.1. The molecule has 0 unspecified atom stereocenters. The first-order chi connectivity index (χ1) is 11.7. The summed E-state index contributed by atoms with van der Waals surface area (Å²) in [6.07, 6.45) is 4.22. The van der Waals surface area contributed by atoms with Gasteiger partial charge in [-0.25, -0.2) is 0 Å². The second kappa shape index (κ2) is 5.99. The average Bonchev–Trinajstić information content (AvgIpc) is 2.58. The number of carbonyl (C=O) groups is 2. The van der Waals surface area contributed by atoms with E-state index < -0.39 is 11.3 Å². The largest absolute Gasteiger partial charge is 0.508 e. The number of fused-ring (bicyclic) bond motifs is 1. The lowest BCUT2D eigenvalue weighted by atomic mass is 9.52. The number of carbonyl (C=O) groups excluding carboxylic acids is 2.